The highest BCUT2D eigenvalue weighted by Crippen LogP contribution is 2.43. The summed E-state index contributed by atoms with van der Waals surface area (Å²) in [6.07, 6.45) is 3.27. The summed E-state index contributed by atoms with van der Waals surface area (Å²) in [5.41, 5.74) is 10.9. The molecule has 0 unspecified atom stereocenters. The molecule has 150 valence electrons. The summed E-state index contributed by atoms with van der Waals surface area (Å²) in [7, 11) is 1.83. The number of anilines is 1. The van der Waals surface area contributed by atoms with E-state index in [2.05, 4.69) is 15.3 Å². The predicted octanol–water partition coefficient (Wildman–Crippen LogP) is 3.95. The van der Waals surface area contributed by atoms with Crippen LogP contribution in [0, 0.1) is 0 Å². The van der Waals surface area contributed by atoms with Crippen molar-refractivity contribution >= 4 is 34.7 Å². The van der Waals surface area contributed by atoms with Crippen molar-refractivity contribution in [2.75, 3.05) is 12.4 Å². The van der Waals surface area contributed by atoms with Crippen LogP contribution in [0.25, 0.3) is 27.5 Å². The molecule has 1 aliphatic carbocycles. The minimum atomic E-state index is -0.521. The number of hydrogen-bond acceptors (Lipinski definition) is 6. The molecule has 1 amide bonds. The predicted molar refractivity (Wildman–Crippen MR) is 118 cm³/mol. The third-order valence-electron chi connectivity index (χ3n) is 5.09. The second-order valence-electron chi connectivity index (χ2n) is 6.88. The number of nitrogens with two attached hydrogens (primary N) is 1. The number of halogens is 1. The van der Waals surface area contributed by atoms with E-state index >= 15 is 0 Å². The molecule has 1 aromatic carbocycles. The summed E-state index contributed by atoms with van der Waals surface area (Å²) >= 11 is 7.81. The van der Waals surface area contributed by atoms with Gasteiger partial charge in [0.1, 0.15) is 5.82 Å². The van der Waals surface area contributed by atoms with Gasteiger partial charge in [-0.1, -0.05) is 23.7 Å². The maximum absolute atomic E-state index is 11.7. The van der Waals surface area contributed by atoms with Gasteiger partial charge in [0.2, 0.25) is 0 Å². The summed E-state index contributed by atoms with van der Waals surface area (Å²) in [6.45, 7) is 0. The van der Waals surface area contributed by atoms with Crippen molar-refractivity contribution in [1.29, 1.82) is 0 Å². The second-order valence-corrected chi connectivity index (χ2v) is 8.29. The molecule has 0 radical (unpaired) electrons. The van der Waals surface area contributed by atoms with Gasteiger partial charge in [-0.3, -0.25) is 4.79 Å². The first-order chi connectivity index (χ1) is 14.6. The van der Waals surface area contributed by atoms with Crippen molar-refractivity contribution in [1.82, 2.24) is 19.7 Å². The topological polar surface area (TPSA) is 98.7 Å². The van der Waals surface area contributed by atoms with Gasteiger partial charge >= 0.3 is 0 Å². The fraction of sp³-hybridized carbons (Fsp3) is 0.143. The molecular formula is C21H17ClN6OS. The molecule has 3 N–H and O–H groups in total. The molecule has 1 aliphatic rings. The van der Waals surface area contributed by atoms with E-state index in [0.29, 0.717) is 10.0 Å². The lowest BCUT2D eigenvalue weighted by molar-refractivity contribution is 0.0999. The van der Waals surface area contributed by atoms with Crippen molar-refractivity contribution in [2.45, 2.75) is 12.8 Å². The number of amides is 1. The number of carbonyl (C=O) groups excluding carboxylic acids is 1. The van der Waals surface area contributed by atoms with Crippen LogP contribution in [0.4, 0.5) is 5.82 Å². The molecule has 4 aromatic rings. The van der Waals surface area contributed by atoms with Gasteiger partial charge in [0.25, 0.3) is 5.91 Å². The highest BCUT2D eigenvalue weighted by atomic mass is 35.5. The Morgan fingerprint density at radius 2 is 2.07 bits per heavy atom. The number of pyridine rings is 1. The van der Waals surface area contributed by atoms with Gasteiger partial charge in [-0.2, -0.15) is 5.10 Å². The molecule has 9 heteroatoms. The largest absolute Gasteiger partial charge is 0.373 e. The van der Waals surface area contributed by atoms with E-state index in [1.165, 1.54) is 11.3 Å². The van der Waals surface area contributed by atoms with Gasteiger partial charge in [-0.15, -0.1) is 11.3 Å². The number of primary amides is 1. The van der Waals surface area contributed by atoms with Gasteiger partial charge in [0.15, 0.2) is 5.01 Å². The van der Waals surface area contributed by atoms with Crippen LogP contribution in [0.3, 0.4) is 0 Å². The second kappa shape index (κ2) is 7.23. The molecule has 30 heavy (non-hydrogen) atoms. The molecule has 0 bridgehead atoms. The molecule has 0 saturated carbocycles. The zero-order valence-corrected chi connectivity index (χ0v) is 17.6. The first kappa shape index (κ1) is 18.8. The fourth-order valence-electron chi connectivity index (χ4n) is 3.69. The number of fused-ring (bicyclic) bond motifs is 3. The van der Waals surface area contributed by atoms with Crippen LogP contribution in [-0.2, 0) is 12.8 Å². The van der Waals surface area contributed by atoms with Crippen LogP contribution in [0.5, 0.6) is 0 Å². The third-order valence-corrected chi connectivity index (χ3v) is 6.53. The molecule has 3 aromatic heterocycles. The van der Waals surface area contributed by atoms with Gasteiger partial charge in [0.05, 0.1) is 32.7 Å². The monoisotopic (exact) mass is 436 g/mol. The van der Waals surface area contributed by atoms with Crippen LogP contribution >= 0.6 is 22.9 Å². The zero-order chi connectivity index (χ0) is 20.8. The fourth-order valence-corrected chi connectivity index (χ4v) is 4.92. The van der Waals surface area contributed by atoms with Gasteiger partial charge in [-0.05, 0) is 37.1 Å². The number of hydrogen-bond donors (Lipinski definition) is 2. The Kier molecular flexibility index (Phi) is 4.52. The Bertz CT molecular complexity index is 1280. The van der Waals surface area contributed by atoms with Crippen molar-refractivity contribution in [3.63, 3.8) is 0 Å². The van der Waals surface area contributed by atoms with E-state index in [0.717, 1.165) is 57.4 Å². The van der Waals surface area contributed by atoms with E-state index in [-0.39, 0.29) is 0 Å². The van der Waals surface area contributed by atoms with Crippen molar-refractivity contribution in [3.05, 3.63) is 63.9 Å². The third kappa shape index (κ3) is 2.96. The SMILES string of the molecule is CNc1ccc(-c2nn(-c3ccccc3Cl)c3c2CCc2nc(C(N)=O)sc2-3)cn1. The number of benzene rings is 1. The van der Waals surface area contributed by atoms with Gasteiger partial charge < -0.3 is 11.1 Å². The first-order valence-corrected chi connectivity index (χ1v) is 10.6. The molecular weight excluding hydrogens is 420 g/mol. The number of rotatable bonds is 4. The number of aryl methyl sites for hydroxylation is 1. The molecule has 3 heterocycles. The normalized spacial score (nSPS) is 12.3. The highest BCUT2D eigenvalue weighted by Gasteiger charge is 2.30. The molecule has 0 saturated heterocycles. The summed E-state index contributed by atoms with van der Waals surface area (Å²) in [5.74, 6) is 0.265. The molecule has 5 rings (SSSR count). The quantitative estimate of drug-likeness (QED) is 0.504. The maximum Gasteiger partial charge on any atom is 0.277 e. The highest BCUT2D eigenvalue weighted by molar-refractivity contribution is 7.17. The average molecular weight is 437 g/mol. The smallest absolute Gasteiger partial charge is 0.277 e. The Morgan fingerprint density at radius 1 is 1.23 bits per heavy atom. The van der Waals surface area contributed by atoms with Crippen molar-refractivity contribution in [3.8, 4) is 27.5 Å². The minimum absolute atomic E-state index is 0.307. The lowest BCUT2D eigenvalue weighted by atomic mass is 9.95. The van der Waals surface area contributed by atoms with Crippen molar-refractivity contribution in [2.24, 2.45) is 5.73 Å². The Hall–Kier alpha value is -3.23. The average Bonchev–Trinajstić information content (AvgIpc) is 3.36. The Morgan fingerprint density at radius 3 is 2.77 bits per heavy atom. The number of thiazole rings is 1. The van der Waals surface area contributed by atoms with Gasteiger partial charge in [-0.25, -0.2) is 14.6 Å². The van der Waals surface area contributed by atoms with Crippen LogP contribution in [0.15, 0.2) is 42.6 Å². The van der Waals surface area contributed by atoms with Gasteiger partial charge in [0, 0.05) is 24.4 Å². The Balaban J connectivity index is 1.77. The summed E-state index contributed by atoms with van der Waals surface area (Å²) in [6, 6.07) is 11.5. The first-order valence-electron chi connectivity index (χ1n) is 9.37. The molecule has 0 aliphatic heterocycles. The summed E-state index contributed by atoms with van der Waals surface area (Å²) in [4.78, 5) is 21.5. The van der Waals surface area contributed by atoms with Crippen LogP contribution in [0.1, 0.15) is 21.1 Å². The maximum atomic E-state index is 11.7. The molecule has 0 atom stereocenters. The Labute approximate surface area is 181 Å². The molecule has 7 nitrogen and oxygen atoms in total. The molecule has 0 fully saturated rings. The number of aromatic nitrogens is 4. The summed E-state index contributed by atoms with van der Waals surface area (Å²) < 4.78 is 1.85. The number of nitrogens with one attached hydrogen (secondary N) is 1. The summed E-state index contributed by atoms with van der Waals surface area (Å²) in [5, 5.41) is 8.86. The van der Waals surface area contributed by atoms with E-state index in [9.17, 15) is 4.79 Å². The number of carbonyl (C=O) groups is 1. The zero-order valence-electron chi connectivity index (χ0n) is 16.0. The van der Waals surface area contributed by atoms with E-state index in [1.807, 2.05) is 54.3 Å². The van der Waals surface area contributed by atoms with Crippen molar-refractivity contribution < 1.29 is 4.79 Å². The van der Waals surface area contributed by atoms with E-state index < -0.39 is 5.91 Å². The minimum Gasteiger partial charge on any atom is -0.373 e. The lowest BCUT2D eigenvalue weighted by Gasteiger charge is -2.14. The van der Waals surface area contributed by atoms with E-state index in [1.54, 1.807) is 0 Å². The molecule has 0 spiro atoms. The van der Waals surface area contributed by atoms with Crippen LogP contribution in [0.2, 0.25) is 5.02 Å². The van der Waals surface area contributed by atoms with Crippen LogP contribution < -0.4 is 11.1 Å². The van der Waals surface area contributed by atoms with Crippen LogP contribution in [-0.4, -0.2) is 32.7 Å². The number of nitrogens with zero attached hydrogens (tertiary/aromatic N) is 4. The van der Waals surface area contributed by atoms with E-state index in [4.69, 9.17) is 22.4 Å². The standard InChI is InChI=1S/C21H17ClN6OS/c1-24-16-9-6-11(10-25-16)17-12-7-8-14-19(30-21(26-14)20(23)29)18(12)28(27-17)15-5-3-2-4-13(15)22/h2-6,9-10H,7-8H2,1H3,(H2,23,29)(H,24,25). The number of para-hydroxylation sites is 1. The lowest BCUT2D eigenvalue weighted by Crippen LogP contribution is -2.10.